The first-order valence-corrected chi connectivity index (χ1v) is 9.88. The summed E-state index contributed by atoms with van der Waals surface area (Å²) < 4.78 is 5.07. The lowest BCUT2D eigenvalue weighted by Crippen LogP contribution is -2.45. The number of aromatic hydroxyl groups is 1. The number of phenols is 1. The molecule has 0 aliphatic heterocycles. The van der Waals surface area contributed by atoms with Crippen LogP contribution in [0.2, 0.25) is 0 Å². The summed E-state index contributed by atoms with van der Waals surface area (Å²) in [6.07, 6.45) is 7.18. The predicted molar refractivity (Wildman–Crippen MR) is 102 cm³/mol. The zero-order chi connectivity index (χ0) is 17.4. The molecule has 24 heavy (non-hydrogen) atoms. The number of thioether (sulfide) groups is 1. The highest BCUT2D eigenvalue weighted by atomic mass is 32.2. The highest BCUT2D eigenvalue weighted by molar-refractivity contribution is 7.99. The minimum atomic E-state index is 0.151. The van der Waals surface area contributed by atoms with Crippen LogP contribution in [-0.2, 0) is 6.54 Å². The average Bonchev–Trinajstić information content (AvgIpc) is 2.60. The van der Waals surface area contributed by atoms with Gasteiger partial charge < -0.3 is 20.5 Å². The summed E-state index contributed by atoms with van der Waals surface area (Å²) in [7, 11) is 1.55. The van der Waals surface area contributed by atoms with E-state index in [0.717, 1.165) is 23.3 Å². The molecule has 1 aliphatic rings. The molecule has 2 unspecified atom stereocenters. The largest absolute Gasteiger partial charge is 0.504 e. The Morgan fingerprint density at radius 1 is 1.42 bits per heavy atom. The van der Waals surface area contributed by atoms with Crippen LogP contribution in [0.5, 0.6) is 11.5 Å². The van der Waals surface area contributed by atoms with Crippen LogP contribution in [0, 0.1) is 0 Å². The van der Waals surface area contributed by atoms with Crippen LogP contribution in [0.1, 0.15) is 38.2 Å². The number of rotatable bonds is 6. The van der Waals surface area contributed by atoms with Crippen LogP contribution in [0.3, 0.4) is 0 Å². The van der Waals surface area contributed by atoms with Crippen molar-refractivity contribution in [1.82, 2.24) is 10.6 Å². The normalized spacial score (nSPS) is 21.4. The van der Waals surface area contributed by atoms with Crippen molar-refractivity contribution in [2.75, 3.05) is 19.9 Å². The first-order valence-electron chi connectivity index (χ1n) is 8.59. The summed E-state index contributed by atoms with van der Waals surface area (Å²) in [5.74, 6) is 1.48. The van der Waals surface area contributed by atoms with Gasteiger partial charge >= 0.3 is 0 Å². The number of benzene rings is 1. The molecule has 134 valence electrons. The maximum Gasteiger partial charge on any atom is 0.191 e. The molecule has 2 rings (SSSR count). The van der Waals surface area contributed by atoms with E-state index in [9.17, 15) is 5.11 Å². The standard InChI is InChI=1S/C18H29N3O2S/c1-4-19-18(21-14-6-5-7-15(11-14)24-3)20-12-13-8-9-17(23-2)16(22)10-13/h8-10,14-15,22H,4-7,11-12H2,1-3H3,(H2,19,20,21). The number of methoxy groups -OCH3 is 1. The summed E-state index contributed by atoms with van der Waals surface area (Å²) in [6.45, 7) is 3.42. The number of nitrogens with one attached hydrogen (secondary N) is 2. The Balaban J connectivity index is 1.98. The van der Waals surface area contributed by atoms with E-state index in [1.54, 1.807) is 19.2 Å². The van der Waals surface area contributed by atoms with Gasteiger partial charge in [0.2, 0.25) is 0 Å². The highest BCUT2D eigenvalue weighted by Gasteiger charge is 2.21. The fourth-order valence-corrected chi connectivity index (χ4v) is 3.83. The molecule has 1 aromatic rings. The van der Waals surface area contributed by atoms with Gasteiger partial charge in [-0.15, -0.1) is 0 Å². The lowest BCUT2D eigenvalue weighted by molar-refractivity contribution is 0.373. The zero-order valence-electron chi connectivity index (χ0n) is 14.8. The minimum Gasteiger partial charge on any atom is -0.504 e. The molecule has 0 bridgehead atoms. The predicted octanol–water partition coefficient (Wildman–Crippen LogP) is 3.13. The Morgan fingerprint density at radius 3 is 2.92 bits per heavy atom. The van der Waals surface area contributed by atoms with Crippen molar-refractivity contribution in [3.8, 4) is 11.5 Å². The van der Waals surface area contributed by atoms with E-state index in [1.165, 1.54) is 25.7 Å². The van der Waals surface area contributed by atoms with Crippen LogP contribution in [0.15, 0.2) is 23.2 Å². The number of ether oxygens (including phenoxy) is 1. The molecule has 0 aromatic heterocycles. The maximum absolute atomic E-state index is 9.87. The summed E-state index contributed by atoms with van der Waals surface area (Å²) in [5, 5.41) is 17.5. The van der Waals surface area contributed by atoms with Gasteiger partial charge in [0.05, 0.1) is 13.7 Å². The number of phenolic OH excluding ortho intramolecular Hbond substituents is 1. The number of guanidine groups is 1. The first kappa shape index (κ1) is 18.8. The summed E-state index contributed by atoms with van der Waals surface area (Å²) >= 11 is 1.97. The van der Waals surface area contributed by atoms with Crippen LogP contribution < -0.4 is 15.4 Å². The van der Waals surface area contributed by atoms with Crippen molar-refractivity contribution in [3.63, 3.8) is 0 Å². The van der Waals surface area contributed by atoms with Gasteiger partial charge in [0.1, 0.15) is 0 Å². The number of hydrogen-bond acceptors (Lipinski definition) is 4. The van der Waals surface area contributed by atoms with Crippen LogP contribution >= 0.6 is 11.8 Å². The van der Waals surface area contributed by atoms with Crippen molar-refractivity contribution < 1.29 is 9.84 Å². The lowest BCUT2D eigenvalue weighted by Gasteiger charge is -2.29. The molecule has 5 nitrogen and oxygen atoms in total. The molecule has 1 aliphatic carbocycles. The van der Waals surface area contributed by atoms with Gasteiger partial charge in [-0.2, -0.15) is 11.8 Å². The molecule has 0 saturated heterocycles. The molecular formula is C18H29N3O2S. The van der Waals surface area contributed by atoms with Crippen molar-refractivity contribution in [3.05, 3.63) is 23.8 Å². The molecule has 2 atom stereocenters. The van der Waals surface area contributed by atoms with Crippen LogP contribution in [0.4, 0.5) is 0 Å². The van der Waals surface area contributed by atoms with Gasteiger partial charge in [-0.05, 0) is 50.1 Å². The highest BCUT2D eigenvalue weighted by Crippen LogP contribution is 2.27. The average molecular weight is 352 g/mol. The zero-order valence-corrected chi connectivity index (χ0v) is 15.7. The molecule has 6 heteroatoms. The lowest BCUT2D eigenvalue weighted by atomic mass is 9.95. The molecule has 0 spiro atoms. The van der Waals surface area contributed by atoms with Gasteiger partial charge in [0.25, 0.3) is 0 Å². The number of aliphatic imine (C=N–C) groups is 1. The summed E-state index contributed by atoms with van der Waals surface area (Å²) in [5.41, 5.74) is 0.955. The first-order chi connectivity index (χ1) is 11.7. The van der Waals surface area contributed by atoms with Gasteiger partial charge in [-0.1, -0.05) is 12.5 Å². The molecule has 1 fully saturated rings. The molecule has 1 saturated carbocycles. The Morgan fingerprint density at radius 2 is 2.25 bits per heavy atom. The third kappa shape index (κ3) is 5.51. The third-order valence-electron chi connectivity index (χ3n) is 4.31. The molecule has 0 amide bonds. The van der Waals surface area contributed by atoms with E-state index >= 15 is 0 Å². The smallest absolute Gasteiger partial charge is 0.191 e. The van der Waals surface area contributed by atoms with Crippen LogP contribution in [-0.4, -0.2) is 42.3 Å². The monoisotopic (exact) mass is 351 g/mol. The second-order valence-electron chi connectivity index (χ2n) is 6.07. The van der Waals surface area contributed by atoms with E-state index in [0.29, 0.717) is 18.3 Å². The molecule has 3 N–H and O–H groups in total. The van der Waals surface area contributed by atoms with Crippen LogP contribution in [0.25, 0.3) is 0 Å². The van der Waals surface area contributed by atoms with E-state index in [4.69, 9.17) is 4.74 Å². The minimum absolute atomic E-state index is 0.151. The van der Waals surface area contributed by atoms with Gasteiger partial charge in [0.15, 0.2) is 17.5 Å². The van der Waals surface area contributed by atoms with Crippen molar-refractivity contribution in [2.45, 2.75) is 50.4 Å². The fourth-order valence-electron chi connectivity index (χ4n) is 3.01. The van der Waals surface area contributed by atoms with Gasteiger partial charge in [0, 0.05) is 17.8 Å². The fraction of sp³-hybridized carbons (Fsp3) is 0.611. The number of nitrogens with zero attached hydrogens (tertiary/aromatic N) is 1. The maximum atomic E-state index is 9.87. The van der Waals surface area contributed by atoms with E-state index in [-0.39, 0.29) is 5.75 Å². The molecule has 0 radical (unpaired) electrons. The topological polar surface area (TPSA) is 65.9 Å². The quantitative estimate of drug-likeness (QED) is 0.543. The summed E-state index contributed by atoms with van der Waals surface area (Å²) in [6, 6.07) is 5.88. The Labute approximate surface area is 149 Å². The second kappa shape index (κ2) is 9.67. The van der Waals surface area contributed by atoms with E-state index in [1.807, 2.05) is 17.8 Å². The Bertz CT molecular complexity index is 551. The van der Waals surface area contributed by atoms with Crippen molar-refractivity contribution in [2.24, 2.45) is 4.99 Å². The van der Waals surface area contributed by atoms with Gasteiger partial charge in [-0.25, -0.2) is 4.99 Å². The molecular weight excluding hydrogens is 322 g/mol. The Kier molecular flexibility index (Phi) is 7.56. The third-order valence-corrected chi connectivity index (χ3v) is 5.40. The van der Waals surface area contributed by atoms with E-state index < -0.39 is 0 Å². The van der Waals surface area contributed by atoms with E-state index in [2.05, 4.69) is 28.8 Å². The van der Waals surface area contributed by atoms with Gasteiger partial charge in [-0.3, -0.25) is 0 Å². The Hall–Kier alpha value is -1.56. The second-order valence-corrected chi connectivity index (χ2v) is 7.21. The number of hydrogen-bond donors (Lipinski definition) is 3. The molecule has 1 aromatic carbocycles. The SMILES string of the molecule is CCNC(=NCc1ccc(OC)c(O)c1)NC1CCCC(SC)C1. The van der Waals surface area contributed by atoms with Crippen molar-refractivity contribution >= 4 is 17.7 Å². The molecule has 0 heterocycles. The van der Waals surface area contributed by atoms with Crippen molar-refractivity contribution in [1.29, 1.82) is 0 Å². The summed E-state index contributed by atoms with van der Waals surface area (Å²) in [4.78, 5) is 4.66.